The average molecular weight is 336 g/mol. The minimum absolute atomic E-state index is 0.0152. The smallest absolute Gasteiger partial charge is 0.268 e. The Morgan fingerprint density at radius 3 is 2.87 bits per heavy atom. The SMILES string of the molecule is Cc1noc(C)c1S(=O)(=O)Nc1ncccc1OCCCC#N. The zero-order valence-electron chi connectivity index (χ0n) is 12.7. The highest BCUT2D eigenvalue weighted by atomic mass is 32.2. The van der Waals surface area contributed by atoms with Crippen LogP contribution in [0, 0.1) is 25.2 Å². The van der Waals surface area contributed by atoms with Crippen LogP contribution < -0.4 is 9.46 Å². The van der Waals surface area contributed by atoms with Crippen LogP contribution in [0.2, 0.25) is 0 Å². The third-order valence-corrected chi connectivity index (χ3v) is 4.51. The summed E-state index contributed by atoms with van der Waals surface area (Å²) in [7, 11) is -3.89. The van der Waals surface area contributed by atoms with E-state index in [2.05, 4.69) is 14.9 Å². The molecular formula is C14H16N4O4S. The molecule has 0 unspecified atom stereocenters. The quantitative estimate of drug-likeness (QED) is 0.770. The van der Waals surface area contributed by atoms with Gasteiger partial charge in [-0.2, -0.15) is 5.26 Å². The first-order valence-corrected chi connectivity index (χ1v) is 8.34. The summed E-state index contributed by atoms with van der Waals surface area (Å²) < 4.78 is 37.7. The van der Waals surface area contributed by atoms with Gasteiger partial charge in [-0.3, -0.25) is 4.72 Å². The van der Waals surface area contributed by atoms with Crippen molar-refractivity contribution < 1.29 is 17.7 Å². The number of nitrogens with one attached hydrogen (secondary N) is 1. The van der Waals surface area contributed by atoms with Crippen LogP contribution in [-0.2, 0) is 10.0 Å². The van der Waals surface area contributed by atoms with E-state index >= 15 is 0 Å². The van der Waals surface area contributed by atoms with E-state index in [4.69, 9.17) is 14.5 Å². The molecule has 0 saturated carbocycles. The van der Waals surface area contributed by atoms with Crippen molar-refractivity contribution in [2.45, 2.75) is 31.6 Å². The lowest BCUT2D eigenvalue weighted by atomic mass is 10.3. The first-order valence-electron chi connectivity index (χ1n) is 6.86. The molecule has 0 amide bonds. The largest absolute Gasteiger partial charge is 0.490 e. The third-order valence-electron chi connectivity index (χ3n) is 2.93. The Kier molecular flexibility index (Phi) is 5.18. The lowest BCUT2D eigenvalue weighted by Gasteiger charge is -2.12. The van der Waals surface area contributed by atoms with Crippen LogP contribution in [0.1, 0.15) is 24.3 Å². The summed E-state index contributed by atoms with van der Waals surface area (Å²) in [5, 5.41) is 12.1. The molecule has 0 aliphatic rings. The summed E-state index contributed by atoms with van der Waals surface area (Å²) >= 11 is 0. The molecule has 0 saturated heterocycles. The van der Waals surface area contributed by atoms with Crippen LogP contribution in [0.25, 0.3) is 0 Å². The van der Waals surface area contributed by atoms with Gasteiger partial charge >= 0.3 is 0 Å². The van der Waals surface area contributed by atoms with Crippen molar-refractivity contribution in [2.75, 3.05) is 11.3 Å². The number of sulfonamides is 1. The van der Waals surface area contributed by atoms with Crippen molar-refractivity contribution in [3.63, 3.8) is 0 Å². The molecule has 0 aliphatic carbocycles. The van der Waals surface area contributed by atoms with Gasteiger partial charge < -0.3 is 9.26 Å². The van der Waals surface area contributed by atoms with Crippen LogP contribution in [0.4, 0.5) is 5.82 Å². The number of anilines is 1. The van der Waals surface area contributed by atoms with E-state index < -0.39 is 10.0 Å². The maximum Gasteiger partial charge on any atom is 0.268 e. The average Bonchev–Trinajstić information content (AvgIpc) is 2.84. The fourth-order valence-corrected chi connectivity index (χ4v) is 3.31. The predicted octanol–water partition coefficient (Wildman–Crippen LogP) is 2.17. The fourth-order valence-electron chi connectivity index (χ4n) is 1.95. The number of hydrogen-bond acceptors (Lipinski definition) is 7. The maximum absolute atomic E-state index is 12.5. The zero-order valence-corrected chi connectivity index (χ0v) is 13.6. The molecule has 0 spiro atoms. The van der Waals surface area contributed by atoms with Gasteiger partial charge in [0.05, 0.1) is 12.7 Å². The Morgan fingerprint density at radius 2 is 2.22 bits per heavy atom. The Balaban J connectivity index is 2.21. The number of ether oxygens (including phenoxy) is 1. The molecule has 2 rings (SSSR count). The van der Waals surface area contributed by atoms with Crippen molar-refractivity contribution in [3.05, 3.63) is 29.8 Å². The van der Waals surface area contributed by atoms with Gasteiger partial charge in [-0.05, 0) is 32.4 Å². The van der Waals surface area contributed by atoms with Gasteiger partial charge in [0.25, 0.3) is 10.0 Å². The number of nitrogens with zero attached hydrogens (tertiary/aromatic N) is 3. The van der Waals surface area contributed by atoms with Gasteiger partial charge in [-0.15, -0.1) is 0 Å². The molecular weight excluding hydrogens is 320 g/mol. The highest BCUT2D eigenvalue weighted by Crippen LogP contribution is 2.26. The van der Waals surface area contributed by atoms with Crippen LogP contribution in [-0.4, -0.2) is 25.2 Å². The van der Waals surface area contributed by atoms with Gasteiger partial charge in [0.2, 0.25) is 0 Å². The van der Waals surface area contributed by atoms with Gasteiger partial charge in [-0.1, -0.05) is 5.16 Å². The van der Waals surface area contributed by atoms with Crippen molar-refractivity contribution >= 4 is 15.8 Å². The van der Waals surface area contributed by atoms with E-state index in [0.29, 0.717) is 25.2 Å². The first-order chi connectivity index (χ1) is 11.0. The van der Waals surface area contributed by atoms with Crippen LogP contribution >= 0.6 is 0 Å². The van der Waals surface area contributed by atoms with E-state index in [9.17, 15) is 8.42 Å². The van der Waals surface area contributed by atoms with Gasteiger partial charge in [0, 0.05) is 12.6 Å². The second kappa shape index (κ2) is 7.11. The second-order valence-electron chi connectivity index (χ2n) is 4.72. The van der Waals surface area contributed by atoms with E-state index in [1.807, 2.05) is 6.07 Å². The molecule has 0 fully saturated rings. The van der Waals surface area contributed by atoms with E-state index in [0.717, 1.165) is 0 Å². The number of hydrogen-bond donors (Lipinski definition) is 1. The normalized spacial score (nSPS) is 11.0. The standard InChI is InChI=1S/C14H16N4O4S/c1-10-13(11(2)22-17-10)23(19,20)18-14-12(6-5-8-16-14)21-9-4-3-7-15/h5-6,8H,3-4,9H2,1-2H3,(H,16,18). The van der Waals surface area contributed by atoms with Crippen LogP contribution in [0.15, 0.2) is 27.7 Å². The Morgan fingerprint density at radius 1 is 1.43 bits per heavy atom. The Hall–Kier alpha value is -2.60. The lowest BCUT2D eigenvalue weighted by molar-refractivity contribution is 0.313. The molecule has 2 aromatic rings. The molecule has 0 aliphatic heterocycles. The minimum atomic E-state index is -3.89. The summed E-state index contributed by atoms with van der Waals surface area (Å²) in [4.78, 5) is 3.99. The molecule has 2 heterocycles. The fraction of sp³-hybridized carbons (Fsp3) is 0.357. The maximum atomic E-state index is 12.5. The molecule has 0 bridgehead atoms. The van der Waals surface area contributed by atoms with Crippen molar-refractivity contribution in [1.29, 1.82) is 5.26 Å². The molecule has 23 heavy (non-hydrogen) atoms. The van der Waals surface area contributed by atoms with Crippen LogP contribution in [0.5, 0.6) is 5.75 Å². The monoisotopic (exact) mass is 336 g/mol. The Labute approximate surface area is 134 Å². The number of unbranched alkanes of at least 4 members (excludes halogenated alkanes) is 1. The first kappa shape index (κ1) is 16.8. The van der Waals surface area contributed by atoms with Crippen molar-refractivity contribution in [3.8, 4) is 11.8 Å². The summed E-state index contributed by atoms with van der Waals surface area (Å²) in [6.45, 7) is 3.36. The lowest BCUT2D eigenvalue weighted by Crippen LogP contribution is -2.16. The molecule has 1 N–H and O–H groups in total. The van der Waals surface area contributed by atoms with E-state index in [1.165, 1.54) is 13.1 Å². The van der Waals surface area contributed by atoms with Crippen molar-refractivity contribution in [2.24, 2.45) is 0 Å². The highest BCUT2D eigenvalue weighted by Gasteiger charge is 2.25. The third kappa shape index (κ3) is 3.98. The predicted molar refractivity (Wildman–Crippen MR) is 81.4 cm³/mol. The van der Waals surface area contributed by atoms with Crippen molar-refractivity contribution in [1.82, 2.24) is 10.1 Å². The molecule has 122 valence electrons. The second-order valence-corrected chi connectivity index (χ2v) is 6.34. The van der Waals surface area contributed by atoms with Gasteiger partial charge in [0.15, 0.2) is 22.2 Å². The zero-order chi connectivity index (χ0) is 16.9. The number of aryl methyl sites for hydroxylation is 2. The summed E-state index contributed by atoms with van der Waals surface area (Å²) in [6.07, 6.45) is 2.36. The molecule has 0 atom stereocenters. The summed E-state index contributed by atoms with van der Waals surface area (Å²) in [5.41, 5.74) is 0.266. The number of pyridine rings is 1. The van der Waals surface area contributed by atoms with Gasteiger partial charge in [-0.25, -0.2) is 13.4 Å². The molecule has 9 heteroatoms. The highest BCUT2D eigenvalue weighted by molar-refractivity contribution is 7.92. The molecule has 0 aromatic carbocycles. The van der Waals surface area contributed by atoms with E-state index in [-0.39, 0.29) is 22.2 Å². The summed E-state index contributed by atoms with van der Waals surface area (Å²) in [6, 6.07) is 5.25. The van der Waals surface area contributed by atoms with Gasteiger partial charge in [0.1, 0.15) is 5.69 Å². The molecule has 8 nitrogen and oxygen atoms in total. The van der Waals surface area contributed by atoms with E-state index in [1.54, 1.807) is 19.1 Å². The number of nitriles is 1. The Bertz CT molecular complexity index is 804. The van der Waals surface area contributed by atoms with Crippen LogP contribution in [0.3, 0.4) is 0 Å². The molecule has 2 aromatic heterocycles. The molecule has 0 radical (unpaired) electrons. The number of aromatic nitrogens is 2. The topological polar surface area (TPSA) is 118 Å². The summed E-state index contributed by atoms with van der Waals surface area (Å²) in [5.74, 6) is 0.563. The minimum Gasteiger partial charge on any atom is -0.490 e. The number of rotatable bonds is 7.